The second-order valence-electron chi connectivity index (χ2n) is 5.03. The van der Waals surface area contributed by atoms with Gasteiger partial charge in [-0.25, -0.2) is 0 Å². The quantitative estimate of drug-likeness (QED) is 0.428. The minimum Gasteiger partial charge on any atom is -0.266 e. The number of aryl methyl sites for hydroxylation is 1. The Morgan fingerprint density at radius 1 is 1.05 bits per heavy atom. The van der Waals surface area contributed by atoms with E-state index >= 15 is 0 Å². The average molecular weight is 448 g/mol. The van der Waals surface area contributed by atoms with E-state index in [0.29, 0.717) is 0 Å². The molecule has 2 rings (SSSR count). The summed E-state index contributed by atoms with van der Waals surface area (Å²) in [5, 5.41) is 4.24. The van der Waals surface area contributed by atoms with E-state index in [1.54, 1.807) is 6.20 Å². The van der Waals surface area contributed by atoms with Crippen molar-refractivity contribution in [3.8, 4) is 5.69 Å². The summed E-state index contributed by atoms with van der Waals surface area (Å²) in [6.07, 6.45) is 12.9. The van der Waals surface area contributed by atoms with Crippen molar-refractivity contribution in [3.05, 3.63) is 48.3 Å². The first kappa shape index (κ1) is 17.1. The van der Waals surface area contributed by atoms with Crippen LogP contribution in [0.2, 0.25) is 0 Å². The molecule has 1 aromatic carbocycles. The predicted octanol–water partition coefficient (Wildman–Crippen LogP) is 4.57. The zero-order chi connectivity index (χ0) is 13.3. The molecule has 1 aromatic heterocycles. The van der Waals surface area contributed by atoms with Gasteiger partial charge in [0.15, 0.2) is 0 Å². The summed E-state index contributed by atoms with van der Waals surface area (Å²) in [5.41, 5.74) is 2.33. The van der Waals surface area contributed by atoms with Gasteiger partial charge >= 0.3 is 0 Å². The van der Waals surface area contributed by atoms with Gasteiger partial charge in [-0.15, -0.1) is 6.07 Å². The van der Waals surface area contributed by atoms with Gasteiger partial charge in [-0.1, -0.05) is 51.9 Å². The Kier molecular flexibility index (Phi) is 8.48. The summed E-state index contributed by atoms with van der Waals surface area (Å²) < 4.78 is 1.87. The smallest absolute Gasteiger partial charge is 0.0493 e. The average Bonchev–Trinajstić information content (AvgIpc) is 2.97. The van der Waals surface area contributed by atoms with Crippen LogP contribution in [0.3, 0.4) is 0 Å². The minimum absolute atomic E-state index is 0. The van der Waals surface area contributed by atoms with Crippen molar-refractivity contribution < 1.29 is 20.1 Å². The molecule has 0 spiro atoms. The van der Waals surface area contributed by atoms with Crippen LogP contribution < -0.4 is 0 Å². The van der Waals surface area contributed by atoms with Crippen LogP contribution in [0.15, 0.2) is 36.7 Å². The van der Waals surface area contributed by atoms with Crippen molar-refractivity contribution in [1.82, 2.24) is 9.78 Å². The van der Waals surface area contributed by atoms with E-state index in [0.717, 1.165) is 12.1 Å². The first-order valence-corrected chi connectivity index (χ1v) is 7.41. The zero-order valence-electron chi connectivity index (χ0n) is 12.1. The summed E-state index contributed by atoms with van der Waals surface area (Å²) in [7, 11) is 0. The Bertz CT molecular complexity index is 466. The molecule has 0 unspecified atom stereocenters. The molecule has 0 saturated heterocycles. The largest absolute Gasteiger partial charge is 0.266 e. The maximum absolute atomic E-state index is 4.24. The Morgan fingerprint density at radius 3 is 2.60 bits per heavy atom. The fraction of sp³-hybridized carbons (Fsp3) is 0.471. The first-order valence-electron chi connectivity index (χ1n) is 7.41. The van der Waals surface area contributed by atoms with Crippen molar-refractivity contribution in [2.75, 3.05) is 0 Å². The summed E-state index contributed by atoms with van der Waals surface area (Å²) in [5.74, 6) is 0. The summed E-state index contributed by atoms with van der Waals surface area (Å²) in [6.45, 7) is 2.26. The fourth-order valence-corrected chi connectivity index (χ4v) is 2.29. The van der Waals surface area contributed by atoms with Gasteiger partial charge in [0.2, 0.25) is 0 Å². The molecule has 111 valence electrons. The Hall–Kier alpha value is -0.921. The number of nitrogens with zero attached hydrogens (tertiary/aromatic N) is 2. The maximum Gasteiger partial charge on any atom is 0.0493 e. The number of rotatable bonds is 8. The Morgan fingerprint density at radius 2 is 1.85 bits per heavy atom. The van der Waals surface area contributed by atoms with E-state index < -0.39 is 0 Å². The molecule has 1 heterocycles. The molecular weight excluding hydrogens is 424 g/mol. The van der Waals surface area contributed by atoms with Gasteiger partial charge in [0.1, 0.15) is 0 Å². The molecule has 0 aliphatic heterocycles. The Labute approximate surface area is 135 Å². The monoisotopic (exact) mass is 448 g/mol. The van der Waals surface area contributed by atoms with Crippen molar-refractivity contribution in [3.63, 3.8) is 0 Å². The molecule has 3 heteroatoms. The molecule has 2 aromatic rings. The van der Waals surface area contributed by atoms with Gasteiger partial charge in [-0.3, -0.25) is 4.68 Å². The second-order valence-corrected chi connectivity index (χ2v) is 5.03. The van der Waals surface area contributed by atoms with Gasteiger partial charge in [0, 0.05) is 32.5 Å². The van der Waals surface area contributed by atoms with Crippen LogP contribution in [0.25, 0.3) is 5.69 Å². The van der Waals surface area contributed by atoms with Gasteiger partial charge in [-0.2, -0.15) is 28.9 Å². The van der Waals surface area contributed by atoms with Crippen molar-refractivity contribution >= 4 is 0 Å². The van der Waals surface area contributed by atoms with Crippen LogP contribution in [0.5, 0.6) is 0 Å². The molecule has 2 nitrogen and oxygen atoms in total. The maximum atomic E-state index is 4.24. The van der Waals surface area contributed by atoms with Gasteiger partial charge in [0.05, 0.1) is 0 Å². The molecule has 0 bridgehead atoms. The van der Waals surface area contributed by atoms with Gasteiger partial charge in [-0.05, 0) is 11.8 Å². The van der Waals surface area contributed by atoms with E-state index in [4.69, 9.17) is 0 Å². The fourth-order valence-electron chi connectivity index (χ4n) is 2.29. The number of hydrogen-bond donors (Lipinski definition) is 0. The number of aromatic nitrogens is 2. The van der Waals surface area contributed by atoms with Crippen LogP contribution in [0, 0.1) is 6.07 Å². The number of hydrogen-bond acceptors (Lipinski definition) is 1. The second kappa shape index (κ2) is 9.90. The molecule has 0 atom stereocenters. The van der Waals surface area contributed by atoms with E-state index in [-0.39, 0.29) is 20.1 Å². The van der Waals surface area contributed by atoms with Gasteiger partial charge < -0.3 is 0 Å². The SMILES string of the molecule is CCCCCCCCc1[c-]c(-n2cccn2)ccc1.[Ir]. The third-order valence-electron chi connectivity index (χ3n) is 3.39. The summed E-state index contributed by atoms with van der Waals surface area (Å²) in [4.78, 5) is 0. The molecule has 0 saturated carbocycles. The van der Waals surface area contributed by atoms with Gasteiger partial charge in [0.25, 0.3) is 0 Å². The molecule has 0 fully saturated rings. The van der Waals surface area contributed by atoms with E-state index in [9.17, 15) is 0 Å². The molecular formula is C17H23IrN2-. The third-order valence-corrected chi connectivity index (χ3v) is 3.39. The molecule has 0 aliphatic carbocycles. The van der Waals surface area contributed by atoms with Crippen LogP contribution in [0.4, 0.5) is 0 Å². The van der Waals surface area contributed by atoms with Crippen LogP contribution in [-0.2, 0) is 26.5 Å². The van der Waals surface area contributed by atoms with Crippen LogP contribution >= 0.6 is 0 Å². The van der Waals surface area contributed by atoms with E-state index in [1.165, 1.54) is 44.1 Å². The third kappa shape index (κ3) is 5.60. The first-order chi connectivity index (χ1) is 9.40. The predicted molar refractivity (Wildman–Crippen MR) is 79.5 cm³/mol. The van der Waals surface area contributed by atoms with E-state index in [1.807, 2.05) is 16.9 Å². The molecule has 1 radical (unpaired) electrons. The number of unbranched alkanes of at least 4 members (excludes halogenated alkanes) is 5. The normalized spacial score (nSPS) is 10.2. The molecule has 0 N–H and O–H groups in total. The number of benzene rings is 1. The topological polar surface area (TPSA) is 17.8 Å². The van der Waals surface area contributed by atoms with Crippen LogP contribution in [-0.4, -0.2) is 9.78 Å². The summed E-state index contributed by atoms with van der Waals surface area (Å²) in [6, 6.07) is 11.7. The Balaban J connectivity index is 0.00000200. The zero-order valence-corrected chi connectivity index (χ0v) is 14.5. The van der Waals surface area contributed by atoms with Crippen molar-refractivity contribution in [2.45, 2.75) is 51.9 Å². The summed E-state index contributed by atoms with van der Waals surface area (Å²) >= 11 is 0. The standard InChI is InChI=1S/C17H23N2.Ir/c1-2-3-4-5-6-7-10-16-11-8-12-17(15-16)19-14-9-13-18-19;/h8-9,11-14H,2-7,10H2,1H3;/q-1;. The van der Waals surface area contributed by atoms with Crippen LogP contribution in [0.1, 0.15) is 51.0 Å². The minimum atomic E-state index is 0. The van der Waals surface area contributed by atoms with E-state index in [2.05, 4.69) is 36.3 Å². The van der Waals surface area contributed by atoms with Crippen molar-refractivity contribution in [1.29, 1.82) is 0 Å². The molecule has 20 heavy (non-hydrogen) atoms. The molecule has 0 aliphatic rings. The van der Waals surface area contributed by atoms with Crippen molar-refractivity contribution in [2.24, 2.45) is 0 Å². The molecule has 0 amide bonds.